The Morgan fingerprint density at radius 1 is 1.13 bits per heavy atom. The number of rotatable bonds is 7. The number of hydrogen-bond donors (Lipinski definition) is 0. The molecule has 0 saturated carbocycles. The zero-order valence-corrected chi connectivity index (χ0v) is 24.6. The summed E-state index contributed by atoms with van der Waals surface area (Å²) in [7, 11) is -2.70. The number of nitrogens with zero attached hydrogens (tertiary/aromatic N) is 1. The van der Waals surface area contributed by atoms with Crippen LogP contribution in [0.15, 0.2) is 10.6 Å². The van der Waals surface area contributed by atoms with Crippen LogP contribution >= 0.6 is 15.9 Å². The van der Waals surface area contributed by atoms with E-state index in [0.717, 1.165) is 0 Å². The van der Waals surface area contributed by atoms with Gasteiger partial charge in [0.05, 0.1) is 23.6 Å². The highest BCUT2D eigenvalue weighted by Crippen LogP contribution is 2.48. The average molecular weight is 521 g/mol. The van der Waals surface area contributed by atoms with Crippen molar-refractivity contribution in [2.24, 2.45) is 5.92 Å². The minimum absolute atomic E-state index is 0.0235. The largest absolute Gasteiger partial charge is 0.465 e. The summed E-state index contributed by atoms with van der Waals surface area (Å²) in [6.45, 7) is 24.3. The first kappa shape index (κ1) is 27.6. The Hall–Kier alpha value is -0.446. The van der Waals surface area contributed by atoms with Gasteiger partial charge in [-0.2, -0.15) is 0 Å². The van der Waals surface area contributed by atoms with Gasteiger partial charge in [-0.3, -0.25) is 4.79 Å². The van der Waals surface area contributed by atoms with Crippen LogP contribution in [-0.2, 0) is 18.8 Å². The van der Waals surface area contributed by atoms with E-state index in [-0.39, 0.29) is 34.0 Å². The summed E-state index contributed by atoms with van der Waals surface area (Å²) in [4.78, 5) is 25.3. The summed E-state index contributed by atoms with van der Waals surface area (Å²) in [6, 6.07) is 0.0235. The number of methoxy groups -OCH3 is 1. The maximum Gasteiger partial charge on any atom is 0.344 e. The summed E-state index contributed by atoms with van der Waals surface area (Å²) in [5.41, 5.74) is 0. The second-order valence-corrected chi connectivity index (χ2v) is 22.2. The Labute approximate surface area is 194 Å². The normalized spacial score (nSPS) is 22.6. The third-order valence-corrected chi connectivity index (χ3v) is 18.1. The molecule has 1 rings (SSSR count). The Kier molecular flexibility index (Phi) is 8.46. The maximum atomic E-state index is 13.4. The zero-order valence-electron chi connectivity index (χ0n) is 21.0. The molecule has 3 atom stereocenters. The Bertz CT molecular complexity index is 692. The van der Waals surface area contributed by atoms with Gasteiger partial charge in [-0.05, 0) is 52.4 Å². The van der Waals surface area contributed by atoms with Crippen LogP contribution in [0.2, 0.25) is 36.3 Å². The van der Waals surface area contributed by atoms with Crippen molar-refractivity contribution in [3.05, 3.63) is 10.6 Å². The fourth-order valence-corrected chi connectivity index (χ4v) is 7.80. The molecule has 0 radical (unpaired) electrons. The Morgan fingerprint density at radius 2 is 1.63 bits per heavy atom. The van der Waals surface area contributed by atoms with Crippen LogP contribution in [-0.4, -0.2) is 52.3 Å². The lowest BCUT2D eigenvalue weighted by Gasteiger charge is -2.60. The van der Waals surface area contributed by atoms with Gasteiger partial charge in [0.2, 0.25) is 5.91 Å². The molecule has 1 heterocycles. The highest BCUT2D eigenvalue weighted by Gasteiger charge is 2.59. The fraction of sp³-hybridized carbons (Fsp3) is 0.818. The third-order valence-electron chi connectivity index (χ3n) is 7.42. The van der Waals surface area contributed by atoms with Gasteiger partial charge in [-0.1, -0.05) is 60.7 Å². The highest BCUT2D eigenvalue weighted by atomic mass is 79.9. The van der Waals surface area contributed by atoms with Crippen molar-refractivity contribution in [1.29, 1.82) is 0 Å². The topological polar surface area (TPSA) is 55.8 Å². The third kappa shape index (κ3) is 5.48. The van der Waals surface area contributed by atoms with Crippen molar-refractivity contribution in [2.45, 2.75) is 103 Å². The van der Waals surface area contributed by atoms with E-state index in [1.165, 1.54) is 7.11 Å². The van der Waals surface area contributed by atoms with E-state index in [2.05, 4.69) is 88.2 Å². The predicted molar refractivity (Wildman–Crippen MR) is 133 cm³/mol. The zero-order chi connectivity index (χ0) is 23.9. The lowest BCUT2D eigenvalue weighted by atomic mass is 9.84. The molecule has 0 bridgehead atoms. The summed E-state index contributed by atoms with van der Waals surface area (Å²) >= 11 is 3.31. The summed E-state index contributed by atoms with van der Waals surface area (Å²) in [5.74, 6) is -0.399. The number of carbonyl (C=O) groups is 2. The van der Waals surface area contributed by atoms with E-state index in [0.29, 0.717) is 10.9 Å². The molecule has 30 heavy (non-hydrogen) atoms. The molecule has 0 aliphatic carbocycles. The highest BCUT2D eigenvalue weighted by molar-refractivity contribution is 9.12. The number of esters is 1. The lowest BCUT2D eigenvalue weighted by molar-refractivity contribution is -0.154. The molecule has 1 aliphatic rings. The molecule has 1 amide bonds. The second-order valence-electron chi connectivity index (χ2n) is 11.5. The van der Waals surface area contributed by atoms with Crippen LogP contribution in [0.5, 0.6) is 0 Å². The van der Waals surface area contributed by atoms with E-state index in [9.17, 15) is 9.59 Å². The van der Waals surface area contributed by atoms with Crippen molar-refractivity contribution in [1.82, 2.24) is 4.57 Å². The molecule has 1 fully saturated rings. The second kappa shape index (κ2) is 9.20. The summed E-state index contributed by atoms with van der Waals surface area (Å²) < 4.78 is 13.9. The van der Waals surface area contributed by atoms with Crippen LogP contribution in [0.3, 0.4) is 0 Å². The smallest absolute Gasteiger partial charge is 0.344 e. The number of β-lactam (4-membered cyclic amide) rings is 1. The van der Waals surface area contributed by atoms with Crippen LogP contribution in [0.4, 0.5) is 0 Å². The fourth-order valence-electron chi connectivity index (χ4n) is 3.50. The molecule has 0 unspecified atom stereocenters. The molecule has 1 aliphatic heterocycles. The number of hydrogen-bond acceptors (Lipinski definition) is 4. The molecule has 0 aromatic carbocycles. The first-order valence-electron chi connectivity index (χ1n) is 10.7. The van der Waals surface area contributed by atoms with Gasteiger partial charge in [0.1, 0.15) is 0 Å². The first-order chi connectivity index (χ1) is 13.3. The maximum absolute atomic E-state index is 13.4. The summed E-state index contributed by atoms with van der Waals surface area (Å²) in [5, 5.41) is 0.120. The molecule has 0 aromatic rings. The van der Waals surface area contributed by atoms with Gasteiger partial charge < -0.3 is 13.7 Å². The molecule has 5 nitrogen and oxygen atoms in total. The number of carbonyl (C=O) groups excluding carboxylic acids is 2. The van der Waals surface area contributed by atoms with Crippen molar-refractivity contribution in [3.63, 3.8) is 0 Å². The van der Waals surface area contributed by atoms with Crippen LogP contribution in [0.25, 0.3) is 0 Å². The SMILES string of the molecule is COC(=O)/C(Br)=C/C[C@@H]1[C@@H]([C@@H](C)O[Si](C)(C)C(C)(C)C)C(=O)N1[Si](C)(C)C(C)(C)C. The van der Waals surface area contributed by atoms with Crippen molar-refractivity contribution in [2.75, 3.05) is 7.11 Å². The van der Waals surface area contributed by atoms with Gasteiger partial charge >= 0.3 is 5.97 Å². The van der Waals surface area contributed by atoms with E-state index in [1.54, 1.807) is 0 Å². The minimum Gasteiger partial charge on any atom is -0.465 e. The van der Waals surface area contributed by atoms with Crippen molar-refractivity contribution < 1.29 is 18.8 Å². The summed E-state index contributed by atoms with van der Waals surface area (Å²) in [6.07, 6.45) is 2.29. The minimum atomic E-state index is -2.06. The average Bonchev–Trinajstić information content (AvgIpc) is 2.54. The van der Waals surface area contributed by atoms with Gasteiger partial charge in [-0.25, -0.2) is 4.79 Å². The van der Waals surface area contributed by atoms with E-state index in [1.807, 2.05) is 13.0 Å². The molecular formula is C22H42BrNO4Si2. The Balaban J connectivity index is 3.25. The molecule has 0 spiro atoms. The van der Waals surface area contributed by atoms with Gasteiger partial charge in [-0.15, -0.1) is 0 Å². The van der Waals surface area contributed by atoms with Gasteiger partial charge in [0, 0.05) is 6.04 Å². The van der Waals surface area contributed by atoms with Crippen molar-refractivity contribution in [3.8, 4) is 0 Å². The van der Waals surface area contributed by atoms with E-state index < -0.39 is 22.5 Å². The van der Waals surface area contributed by atoms with Crippen LogP contribution in [0, 0.1) is 5.92 Å². The monoisotopic (exact) mass is 519 g/mol. The quantitative estimate of drug-likeness (QED) is 0.177. The number of halogens is 1. The molecule has 0 aromatic heterocycles. The Morgan fingerprint density at radius 3 is 2.03 bits per heavy atom. The van der Waals surface area contributed by atoms with Crippen LogP contribution < -0.4 is 0 Å². The molecule has 0 N–H and O–H groups in total. The van der Waals surface area contributed by atoms with E-state index in [4.69, 9.17) is 9.16 Å². The first-order valence-corrected chi connectivity index (χ1v) is 17.4. The number of amides is 1. The van der Waals surface area contributed by atoms with E-state index >= 15 is 0 Å². The van der Waals surface area contributed by atoms with Crippen molar-refractivity contribution >= 4 is 44.4 Å². The molecule has 8 heteroatoms. The van der Waals surface area contributed by atoms with Gasteiger partial charge in [0.15, 0.2) is 16.6 Å². The molecule has 174 valence electrons. The standard InChI is InChI=1S/C22H42BrNO4Si2/c1-15(28-30(11,12)22(5,6)7)18-17(14-13-16(23)20(26)27-8)24(19(18)25)29(9,10)21(2,3)4/h13,15,17-18H,14H2,1-12H3/b16-13-/t15-,17-,18-/m1/s1. The lowest BCUT2D eigenvalue weighted by Crippen LogP contribution is -2.74. The predicted octanol–water partition coefficient (Wildman–Crippen LogP) is 6.07. The van der Waals surface area contributed by atoms with Gasteiger partial charge in [0.25, 0.3) is 0 Å². The van der Waals surface area contributed by atoms with Crippen LogP contribution in [0.1, 0.15) is 54.9 Å². The number of ether oxygens (including phenoxy) is 1. The molecule has 1 saturated heterocycles. The molecular weight excluding hydrogens is 478 g/mol.